The maximum absolute atomic E-state index is 11.9. The minimum Gasteiger partial charge on any atom is -0.507 e. The number of nitrogens with zero attached hydrogens (tertiary/aromatic N) is 5. The third-order valence-electron chi connectivity index (χ3n) is 11.4. The standard InChI is InChI=1S/C52H44N5O2Si.Pt/c1-52(2,3)38-29-36(28-37(30-38)42-31-35(24-26-53-42)33-14-9-7-10-15-33)40-18-13-19-44-49(40)55-51(48-46(58)23-22-45-50(48)59-47-25-27-54-57(45)47)56(44)43-21-20-39(60(4,5)6)32-41(43)34-16-11-8-12-17-34;/h7-27,29-32,58H,1-6H3;/q-1;. The third kappa shape index (κ3) is 7.13. The van der Waals surface area contributed by atoms with Crippen LogP contribution in [0.15, 0.2) is 156 Å². The van der Waals surface area contributed by atoms with Gasteiger partial charge in [-0.3, -0.25) is 9.55 Å². The van der Waals surface area contributed by atoms with E-state index in [0.29, 0.717) is 22.7 Å². The van der Waals surface area contributed by atoms with Crippen molar-refractivity contribution in [1.29, 1.82) is 0 Å². The molecular formula is C52H44N5O2PtSi-. The summed E-state index contributed by atoms with van der Waals surface area (Å²) in [5.74, 6) is 0.616. The average molecular weight is 994 g/mol. The Hall–Kier alpha value is -6.34. The molecule has 10 aromatic rings. The second-order valence-corrected chi connectivity index (χ2v) is 22.6. The van der Waals surface area contributed by atoms with Crippen molar-refractivity contribution in [2.24, 2.45) is 0 Å². The largest absolute Gasteiger partial charge is 0.507 e. The molecule has 6 aromatic carbocycles. The molecule has 10 rings (SSSR count). The molecule has 0 spiro atoms. The molecule has 0 saturated carbocycles. The smallest absolute Gasteiger partial charge is 0.222 e. The van der Waals surface area contributed by atoms with Crippen LogP contribution in [0.5, 0.6) is 5.75 Å². The van der Waals surface area contributed by atoms with E-state index in [1.54, 1.807) is 16.8 Å². The molecule has 4 heterocycles. The maximum Gasteiger partial charge on any atom is 0.222 e. The Kier molecular flexibility index (Phi) is 10.0. The van der Waals surface area contributed by atoms with Crippen LogP contribution in [0.3, 0.4) is 0 Å². The molecular weight excluding hydrogens is 950 g/mol. The van der Waals surface area contributed by atoms with Gasteiger partial charge in [-0.05, 0) is 52.4 Å². The van der Waals surface area contributed by atoms with Crippen molar-refractivity contribution in [3.05, 3.63) is 164 Å². The molecule has 61 heavy (non-hydrogen) atoms. The number of phenols is 1. The van der Waals surface area contributed by atoms with Gasteiger partial charge in [0.1, 0.15) is 16.8 Å². The quantitative estimate of drug-likeness (QED) is 0.127. The number of aromatic hydroxyl groups is 1. The summed E-state index contributed by atoms with van der Waals surface area (Å²) >= 11 is 0. The van der Waals surface area contributed by atoms with Crippen LogP contribution in [0.25, 0.3) is 89.6 Å². The van der Waals surface area contributed by atoms with E-state index < -0.39 is 8.07 Å². The second-order valence-electron chi connectivity index (χ2n) is 17.5. The Morgan fingerprint density at radius 2 is 1.41 bits per heavy atom. The van der Waals surface area contributed by atoms with Gasteiger partial charge in [-0.15, -0.1) is 29.3 Å². The normalized spacial score (nSPS) is 12.0. The summed E-state index contributed by atoms with van der Waals surface area (Å²) in [5, 5.41) is 17.8. The summed E-state index contributed by atoms with van der Waals surface area (Å²) < 4.78 is 10.4. The minimum absolute atomic E-state index is 0. The molecule has 0 fully saturated rings. The number of para-hydroxylation sites is 1. The van der Waals surface area contributed by atoms with Gasteiger partial charge in [-0.2, -0.15) is 9.61 Å². The van der Waals surface area contributed by atoms with Crippen LogP contribution < -0.4 is 5.19 Å². The number of rotatable bonds is 7. The number of imidazole rings is 1. The fraction of sp³-hybridized carbons (Fsp3) is 0.135. The van der Waals surface area contributed by atoms with E-state index in [0.717, 1.165) is 72.4 Å². The first-order valence-corrected chi connectivity index (χ1v) is 23.8. The first kappa shape index (κ1) is 40.1. The second kappa shape index (κ2) is 15.3. The number of pyridine rings is 1. The Labute approximate surface area is 370 Å². The van der Waals surface area contributed by atoms with E-state index in [4.69, 9.17) is 14.4 Å². The van der Waals surface area contributed by atoms with Gasteiger partial charge in [0.05, 0.1) is 31.0 Å². The van der Waals surface area contributed by atoms with E-state index in [2.05, 4.69) is 165 Å². The molecule has 304 valence electrons. The van der Waals surface area contributed by atoms with Crippen molar-refractivity contribution in [3.63, 3.8) is 0 Å². The van der Waals surface area contributed by atoms with E-state index >= 15 is 0 Å². The predicted octanol–water partition coefficient (Wildman–Crippen LogP) is 12.5. The molecule has 0 aliphatic heterocycles. The van der Waals surface area contributed by atoms with Crippen molar-refractivity contribution in [2.75, 3.05) is 0 Å². The van der Waals surface area contributed by atoms with E-state index in [9.17, 15) is 5.11 Å². The topological polar surface area (TPSA) is 81.4 Å². The van der Waals surface area contributed by atoms with E-state index in [1.807, 2.05) is 30.5 Å². The summed E-state index contributed by atoms with van der Waals surface area (Å²) in [6.45, 7) is 13.8. The molecule has 0 atom stereocenters. The zero-order valence-electron chi connectivity index (χ0n) is 34.8. The number of benzene rings is 6. The molecule has 0 unspecified atom stereocenters. The number of phenolic OH excluding ortho intramolecular Hbond substituents is 1. The van der Waals surface area contributed by atoms with Gasteiger partial charge in [0.25, 0.3) is 0 Å². The van der Waals surface area contributed by atoms with Gasteiger partial charge in [0.15, 0.2) is 11.4 Å². The van der Waals surface area contributed by atoms with Gasteiger partial charge in [-0.25, -0.2) is 4.98 Å². The molecule has 0 bridgehead atoms. The van der Waals surface area contributed by atoms with Crippen molar-refractivity contribution >= 4 is 41.1 Å². The Bertz CT molecular complexity index is 3250. The van der Waals surface area contributed by atoms with E-state index in [-0.39, 0.29) is 32.2 Å². The number of hydrogen-bond acceptors (Lipinski definition) is 5. The molecule has 0 aliphatic carbocycles. The number of aromatic nitrogens is 5. The monoisotopic (exact) mass is 993 g/mol. The molecule has 0 radical (unpaired) electrons. The first-order chi connectivity index (χ1) is 28.9. The Morgan fingerprint density at radius 3 is 2.15 bits per heavy atom. The zero-order valence-corrected chi connectivity index (χ0v) is 38.1. The molecule has 7 nitrogen and oxygen atoms in total. The van der Waals surface area contributed by atoms with Gasteiger partial charge in [0, 0.05) is 44.6 Å². The van der Waals surface area contributed by atoms with Gasteiger partial charge in [0.2, 0.25) is 5.71 Å². The number of fused-ring (bicyclic) bond motifs is 4. The van der Waals surface area contributed by atoms with Crippen molar-refractivity contribution in [2.45, 2.75) is 45.8 Å². The summed E-state index contributed by atoms with van der Waals surface area (Å²) in [5.41, 5.74) is 13.9. The van der Waals surface area contributed by atoms with Crippen LogP contribution >= 0.6 is 0 Å². The summed E-state index contributed by atoms with van der Waals surface area (Å²) in [4.78, 5) is 10.4. The van der Waals surface area contributed by atoms with Crippen LogP contribution in [-0.4, -0.2) is 37.3 Å². The van der Waals surface area contributed by atoms with Crippen LogP contribution in [0.1, 0.15) is 26.3 Å². The Balaban J connectivity index is 0.00000476. The summed E-state index contributed by atoms with van der Waals surface area (Å²) in [6.07, 6.45) is 3.59. The van der Waals surface area contributed by atoms with Crippen LogP contribution in [0.2, 0.25) is 19.6 Å². The van der Waals surface area contributed by atoms with Gasteiger partial charge in [-0.1, -0.05) is 148 Å². The van der Waals surface area contributed by atoms with E-state index in [1.165, 1.54) is 5.19 Å². The van der Waals surface area contributed by atoms with Crippen LogP contribution in [0, 0.1) is 6.07 Å². The fourth-order valence-electron chi connectivity index (χ4n) is 8.15. The van der Waals surface area contributed by atoms with Crippen LogP contribution in [-0.2, 0) is 26.5 Å². The van der Waals surface area contributed by atoms with Gasteiger partial charge < -0.3 is 9.52 Å². The molecule has 1 N–H and O–H groups in total. The van der Waals surface area contributed by atoms with Crippen molar-refractivity contribution in [3.8, 4) is 67.5 Å². The molecule has 0 saturated heterocycles. The summed E-state index contributed by atoms with van der Waals surface area (Å²) in [6, 6.07) is 51.9. The van der Waals surface area contributed by atoms with Gasteiger partial charge >= 0.3 is 0 Å². The molecule has 4 aromatic heterocycles. The van der Waals surface area contributed by atoms with Crippen molar-refractivity contribution in [1.82, 2.24) is 24.1 Å². The zero-order chi connectivity index (χ0) is 41.3. The molecule has 0 aliphatic rings. The molecule has 9 heteroatoms. The first-order valence-electron chi connectivity index (χ1n) is 20.3. The minimum atomic E-state index is -1.72. The fourth-order valence-corrected chi connectivity index (χ4v) is 9.31. The third-order valence-corrected chi connectivity index (χ3v) is 13.5. The summed E-state index contributed by atoms with van der Waals surface area (Å²) in [7, 11) is -1.72. The predicted molar refractivity (Wildman–Crippen MR) is 247 cm³/mol. The molecule has 0 amide bonds. The maximum atomic E-state index is 11.9. The Morgan fingerprint density at radius 1 is 0.672 bits per heavy atom. The van der Waals surface area contributed by atoms with Crippen LogP contribution in [0.4, 0.5) is 0 Å². The number of hydrogen-bond donors (Lipinski definition) is 1. The van der Waals surface area contributed by atoms with Crippen molar-refractivity contribution < 1.29 is 30.6 Å². The average Bonchev–Trinajstić information content (AvgIpc) is 3.97. The SMILES string of the molecule is CC(C)(C)c1cc(-c2cc(-c3ccccc3)ccn2)[c-]c(-c2cccc3c2nc(-c2c(O)ccc4c2oc2ccnn24)n3-c2ccc([Si](C)(C)C)cc2-c2ccccc2)c1.[Pt]. The number of oxazole rings is 1.